The summed E-state index contributed by atoms with van der Waals surface area (Å²) in [4.78, 5) is 6.47. The zero-order chi connectivity index (χ0) is 21.1. The van der Waals surface area contributed by atoms with Gasteiger partial charge in [-0.1, -0.05) is 31.1 Å². The Morgan fingerprint density at radius 3 is 2.40 bits per heavy atom. The van der Waals surface area contributed by atoms with Crippen molar-refractivity contribution in [2.75, 3.05) is 34.3 Å². The SMILES string of the molecule is CCc1noc(CC)c1CNC(=NC)NCc1ccc(OCCCN(C)C)cc1.I. The fourth-order valence-electron chi connectivity index (χ4n) is 2.99. The van der Waals surface area contributed by atoms with Crippen LogP contribution in [0.15, 0.2) is 33.8 Å². The van der Waals surface area contributed by atoms with Gasteiger partial charge in [0.25, 0.3) is 0 Å². The normalized spacial score (nSPS) is 11.3. The first kappa shape index (κ1) is 26.2. The predicted molar refractivity (Wildman–Crippen MR) is 133 cm³/mol. The average Bonchev–Trinajstić information content (AvgIpc) is 3.14. The Hall–Kier alpha value is -1.81. The minimum atomic E-state index is 0. The number of guanidine groups is 1. The number of rotatable bonds is 11. The molecule has 0 unspecified atom stereocenters. The van der Waals surface area contributed by atoms with E-state index in [1.165, 1.54) is 5.56 Å². The lowest BCUT2D eigenvalue weighted by atomic mass is 10.1. The quantitative estimate of drug-likeness (QED) is 0.201. The Labute approximate surface area is 197 Å². The van der Waals surface area contributed by atoms with Crippen LogP contribution < -0.4 is 15.4 Å². The first-order chi connectivity index (χ1) is 14.1. The van der Waals surface area contributed by atoms with Crippen molar-refractivity contribution in [3.05, 3.63) is 46.8 Å². The monoisotopic (exact) mass is 529 g/mol. The zero-order valence-electron chi connectivity index (χ0n) is 18.8. The third-order valence-corrected chi connectivity index (χ3v) is 4.66. The molecule has 7 nitrogen and oxygen atoms in total. The Morgan fingerprint density at radius 2 is 1.80 bits per heavy atom. The number of hydrogen-bond donors (Lipinski definition) is 2. The lowest BCUT2D eigenvalue weighted by Gasteiger charge is -2.13. The average molecular weight is 529 g/mol. The Morgan fingerprint density at radius 1 is 1.10 bits per heavy atom. The first-order valence-corrected chi connectivity index (χ1v) is 10.3. The second-order valence-corrected chi connectivity index (χ2v) is 7.17. The highest BCUT2D eigenvalue weighted by Crippen LogP contribution is 2.15. The molecular weight excluding hydrogens is 493 g/mol. The highest BCUT2D eigenvalue weighted by Gasteiger charge is 2.13. The van der Waals surface area contributed by atoms with Gasteiger partial charge in [0.05, 0.1) is 12.3 Å². The van der Waals surface area contributed by atoms with Gasteiger partial charge in [0, 0.05) is 38.7 Å². The summed E-state index contributed by atoms with van der Waals surface area (Å²) in [7, 11) is 5.92. The Bertz CT molecular complexity index is 738. The summed E-state index contributed by atoms with van der Waals surface area (Å²) < 4.78 is 11.2. The zero-order valence-corrected chi connectivity index (χ0v) is 21.2. The van der Waals surface area contributed by atoms with E-state index in [0.717, 1.165) is 61.1 Å². The van der Waals surface area contributed by atoms with E-state index >= 15 is 0 Å². The second-order valence-electron chi connectivity index (χ2n) is 7.17. The molecule has 0 saturated heterocycles. The molecule has 1 aromatic heterocycles. The minimum Gasteiger partial charge on any atom is -0.494 e. The second kappa shape index (κ2) is 14.2. The van der Waals surface area contributed by atoms with E-state index < -0.39 is 0 Å². The van der Waals surface area contributed by atoms with Crippen LogP contribution in [0.1, 0.15) is 42.8 Å². The van der Waals surface area contributed by atoms with Gasteiger partial charge in [0.15, 0.2) is 5.96 Å². The van der Waals surface area contributed by atoms with E-state index in [9.17, 15) is 0 Å². The molecule has 2 rings (SSSR count). The third kappa shape index (κ3) is 8.51. The van der Waals surface area contributed by atoms with Crippen LogP contribution in [-0.4, -0.2) is 50.3 Å². The molecule has 0 aliphatic heterocycles. The van der Waals surface area contributed by atoms with Gasteiger partial charge in [0.2, 0.25) is 0 Å². The topological polar surface area (TPSA) is 74.9 Å². The molecule has 0 atom stereocenters. The van der Waals surface area contributed by atoms with Crippen LogP contribution in [0.5, 0.6) is 5.75 Å². The van der Waals surface area contributed by atoms with Crippen LogP contribution in [-0.2, 0) is 25.9 Å². The number of aryl methyl sites for hydroxylation is 2. The molecule has 8 heteroatoms. The van der Waals surface area contributed by atoms with Crippen LogP contribution >= 0.6 is 24.0 Å². The number of nitrogens with one attached hydrogen (secondary N) is 2. The maximum Gasteiger partial charge on any atom is 0.191 e. The summed E-state index contributed by atoms with van der Waals surface area (Å²) >= 11 is 0. The number of hydrogen-bond acceptors (Lipinski definition) is 5. The molecule has 2 aromatic rings. The summed E-state index contributed by atoms with van der Waals surface area (Å²) in [5.74, 6) is 2.59. The van der Waals surface area contributed by atoms with Crippen LogP contribution in [0.25, 0.3) is 0 Å². The van der Waals surface area contributed by atoms with Gasteiger partial charge in [-0.15, -0.1) is 24.0 Å². The highest BCUT2D eigenvalue weighted by atomic mass is 127. The van der Waals surface area contributed by atoms with Crippen LogP contribution in [0, 0.1) is 0 Å². The first-order valence-electron chi connectivity index (χ1n) is 10.3. The van der Waals surface area contributed by atoms with Gasteiger partial charge in [-0.05, 0) is 44.6 Å². The molecule has 168 valence electrons. The van der Waals surface area contributed by atoms with Crippen molar-refractivity contribution >= 4 is 29.9 Å². The van der Waals surface area contributed by atoms with Crippen molar-refractivity contribution in [3.8, 4) is 5.75 Å². The van der Waals surface area contributed by atoms with Gasteiger partial charge < -0.3 is 24.8 Å². The molecule has 1 heterocycles. The van der Waals surface area contributed by atoms with Crippen molar-refractivity contribution in [2.45, 2.75) is 46.2 Å². The summed E-state index contributed by atoms with van der Waals surface area (Å²) in [5, 5.41) is 10.9. The molecule has 2 N–H and O–H groups in total. The maximum atomic E-state index is 5.78. The summed E-state index contributed by atoms with van der Waals surface area (Å²) in [6.07, 6.45) is 2.71. The molecule has 0 aliphatic rings. The number of ether oxygens (including phenoxy) is 1. The van der Waals surface area contributed by atoms with Crippen LogP contribution in [0.4, 0.5) is 0 Å². The number of aromatic nitrogens is 1. The van der Waals surface area contributed by atoms with Crippen molar-refractivity contribution < 1.29 is 9.26 Å². The maximum absolute atomic E-state index is 5.78. The van der Waals surface area contributed by atoms with Gasteiger partial charge in [-0.25, -0.2) is 0 Å². The smallest absolute Gasteiger partial charge is 0.191 e. The van der Waals surface area contributed by atoms with Crippen molar-refractivity contribution in [2.24, 2.45) is 4.99 Å². The molecule has 0 spiro atoms. The Balaban J connectivity index is 0.00000450. The molecular formula is C22H36IN5O2. The van der Waals surface area contributed by atoms with Gasteiger partial charge in [-0.2, -0.15) is 0 Å². The molecule has 0 radical (unpaired) electrons. The number of aliphatic imine (C=N–C) groups is 1. The summed E-state index contributed by atoms with van der Waals surface area (Å²) in [6, 6.07) is 8.18. The minimum absolute atomic E-state index is 0. The molecule has 0 saturated carbocycles. The number of nitrogens with zero attached hydrogens (tertiary/aromatic N) is 3. The van der Waals surface area contributed by atoms with Gasteiger partial charge >= 0.3 is 0 Å². The Kier molecular flexibility index (Phi) is 12.4. The van der Waals surface area contributed by atoms with E-state index in [1.54, 1.807) is 7.05 Å². The number of benzene rings is 1. The van der Waals surface area contributed by atoms with Crippen molar-refractivity contribution in [1.29, 1.82) is 0 Å². The van der Waals surface area contributed by atoms with E-state index in [2.05, 4.69) is 65.8 Å². The molecule has 0 amide bonds. The van der Waals surface area contributed by atoms with Crippen LogP contribution in [0.3, 0.4) is 0 Å². The number of halogens is 1. The summed E-state index contributed by atoms with van der Waals surface area (Å²) in [6.45, 7) is 7.26. The molecule has 0 fully saturated rings. The molecule has 0 aliphatic carbocycles. The standard InChI is InChI=1S/C22H35N5O2.HI/c1-6-20-19(21(7-2)29-26-20)16-25-22(23-3)24-15-17-9-11-18(12-10-17)28-14-8-13-27(4)5;/h9-12H,6-8,13-16H2,1-5H3,(H2,23,24,25);1H. The van der Waals surface area contributed by atoms with Crippen molar-refractivity contribution in [1.82, 2.24) is 20.7 Å². The third-order valence-electron chi connectivity index (χ3n) is 4.66. The van der Waals surface area contributed by atoms with E-state index in [0.29, 0.717) is 13.1 Å². The van der Waals surface area contributed by atoms with Crippen molar-refractivity contribution in [3.63, 3.8) is 0 Å². The fourth-order valence-corrected chi connectivity index (χ4v) is 2.99. The van der Waals surface area contributed by atoms with E-state index in [-0.39, 0.29) is 24.0 Å². The highest BCUT2D eigenvalue weighted by molar-refractivity contribution is 14.0. The van der Waals surface area contributed by atoms with Gasteiger partial charge in [0.1, 0.15) is 11.5 Å². The van der Waals surface area contributed by atoms with Crippen LogP contribution in [0.2, 0.25) is 0 Å². The molecule has 1 aromatic carbocycles. The molecule has 30 heavy (non-hydrogen) atoms. The lowest BCUT2D eigenvalue weighted by Crippen LogP contribution is -2.36. The largest absolute Gasteiger partial charge is 0.494 e. The van der Waals surface area contributed by atoms with E-state index in [4.69, 9.17) is 9.26 Å². The predicted octanol–water partition coefficient (Wildman–Crippen LogP) is 3.61. The van der Waals surface area contributed by atoms with Gasteiger partial charge in [-0.3, -0.25) is 4.99 Å². The van der Waals surface area contributed by atoms with E-state index in [1.807, 2.05) is 12.1 Å². The molecule has 0 bridgehead atoms. The lowest BCUT2D eigenvalue weighted by molar-refractivity contribution is 0.281. The fraction of sp³-hybridized carbons (Fsp3) is 0.545. The summed E-state index contributed by atoms with van der Waals surface area (Å²) in [5.41, 5.74) is 3.31.